The standard InChI is InChI=1S/C6H8FN/c1-6-2-4-8(7)5-3-6/h2-4H,5H2,1H3. The molecule has 1 aliphatic heterocycles. The minimum absolute atomic E-state index is 0.391. The molecular weight excluding hydrogens is 105 g/mol. The molecule has 44 valence electrons. The topological polar surface area (TPSA) is 3.24 Å². The lowest BCUT2D eigenvalue weighted by atomic mass is 10.2. The van der Waals surface area contributed by atoms with E-state index in [1.165, 1.54) is 6.20 Å². The molecule has 0 N–H and O–H groups in total. The van der Waals surface area contributed by atoms with Crippen LogP contribution in [0.25, 0.3) is 0 Å². The van der Waals surface area contributed by atoms with Crippen LogP contribution in [-0.4, -0.2) is 11.7 Å². The average Bonchev–Trinajstić information content (AvgIpc) is 1.77. The maximum absolute atomic E-state index is 12.1. The Morgan fingerprint density at radius 3 is 2.88 bits per heavy atom. The molecule has 0 unspecified atom stereocenters. The van der Waals surface area contributed by atoms with Crippen molar-refractivity contribution in [3.8, 4) is 0 Å². The monoisotopic (exact) mass is 113 g/mol. The summed E-state index contributed by atoms with van der Waals surface area (Å²) in [7, 11) is 0. The number of nitrogens with zero attached hydrogens (tertiary/aromatic N) is 1. The zero-order valence-electron chi connectivity index (χ0n) is 4.76. The first kappa shape index (κ1) is 5.35. The predicted molar refractivity (Wildman–Crippen MR) is 30.7 cm³/mol. The number of hydrogen-bond acceptors (Lipinski definition) is 1. The Morgan fingerprint density at radius 2 is 2.50 bits per heavy atom. The van der Waals surface area contributed by atoms with Gasteiger partial charge in [-0.2, -0.15) is 0 Å². The summed E-state index contributed by atoms with van der Waals surface area (Å²) in [6.45, 7) is 2.34. The molecule has 1 aliphatic rings. The number of hydrogen-bond donors (Lipinski definition) is 0. The highest BCUT2D eigenvalue weighted by molar-refractivity contribution is 5.18. The third-order valence-electron chi connectivity index (χ3n) is 1.09. The van der Waals surface area contributed by atoms with E-state index >= 15 is 0 Å². The second kappa shape index (κ2) is 1.99. The summed E-state index contributed by atoms with van der Waals surface area (Å²) in [5.74, 6) is 0. The van der Waals surface area contributed by atoms with Gasteiger partial charge >= 0.3 is 0 Å². The molecule has 0 aromatic carbocycles. The van der Waals surface area contributed by atoms with Gasteiger partial charge < -0.3 is 0 Å². The Morgan fingerprint density at radius 1 is 1.75 bits per heavy atom. The Bertz CT molecular complexity index is 137. The molecule has 0 saturated heterocycles. The van der Waals surface area contributed by atoms with E-state index in [2.05, 4.69) is 0 Å². The van der Waals surface area contributed by atoms with E-state index in [0.29, 0.717) is 11.7 Å². The maximum Gasteiger partial charge on any atom is 0.0685 e. The van der Waals surface area contributed by atoms with Crippen molar-refractivity contribution in [1.29, 1.82) is 0 Å². The molecule has 0 aliphatic carbocycles. The Balaban J connectivity index is 2.58. The van der Waals surface area contributed by atoms with Crippen molar-refractivity contribution in [2.45, 2.75) is 6.92 Å². The molecule has 0 fully saturated rings. The van der Waals surface area contributed by atoms with Gasteiger partial charge in [-0.15, -0.1) is 4.48 Å². The summed E-state index contributed by atoms with van der Waals surface area (Å²) >= 11 is 0. The molecule has 0 radical (unpaired) electrons. The van der Waals surface area contributed by atoms with Crippen LogP contribution in [0.5, 0.6) is 0 Å². The van der Waals surface area contributed by atoms with Crippen molar-refractivity contribution >= 4 is 0 Å². The molecule has 0 bridgehead atoms. The van der Waals surface area contributed by atoms with Gasteiger partial charge in [0, 0.05) is 6.20 Å². The minimum Gasteiger partial charge on any atom is -0.215 e. The van der Waals surface area contributed by atoms with Crippen LogP contribution in [0.3, 0.4) is 0 Å². The van der Waals surface area contributed by atoms with E-state index in [-0.39, 0.29) is 0 Å². The van der Waals surface area contributed by atoms with Crippen LogP contribution in [0.4, 0.5) is 4.48 Å². The van der Waals surface area contributed by atoms with Crippen LogP contribution in [0.2, 0.25) is 0 Å². The molecule has 1 nitrogen and oxygen atoms in total. The predicted octanol–water partition coefficient (Wildman–Crippen LogP) is 1.65. The Labute approximate surface area is 48.0 Å². The quantitative estimate of drug-likeness (QED) is 0.432. The van der Waals surface area contributed by atoms with Crippen molar-refractivity contribution < 1.29 is 4.48 Å². The summed E-state index contributed by atoms with van der Waals surface area (Å²) < 4.78 is 12.1. The SMILES string of the molecule is CC1=CCN(F)C=C1. The van der Waals surface area contributed by atoms with Crippen LogP contribution in [-0.2, 0) is 0 Å². The number of rotatable bonds is 0. The summed E-state index contributed by atoms with van der Waals surface area (Å²) in [6.07, 6.45) is 5.00. The molecule has 2 heteroatoms. The maximum atomic E-state index is 12.1. The smallest absolute Gasteiger partial charge is 0.0685 e. The molecule has 1 rings (SSSR count). The highest BCUT2D eigenvalue weighted by Crippen LogP contribution is 2.04. The van der Waals surface area contributed by atoms with E-state index in [1.54, 1.807) is 6.08 Å². The molecule has 0 aromatic rings. The summed E-state index contributed by atoms with van der Waals surface area (Å²) in [4.78, 5) is 0. The zero-order valence-corrected chi connectivity index (χ0v) is 4.76. The van der Waals surface area contributed by atoms with Gasteiger partial charge in [-0.3, -0.25) is 0 Å². The molecule has 0 spiro atoms. The lowest BCUT2D eigenvalue weighted by Crippen LogP contribution is -2.07. The van der Waals surface area contributed by atoms with E-state index in [9.17, 15) is 4.48 Å². The number of halogens is 1. The lowest BCUT2D eigenvalue weighted by molar-refractivity contribution is 0.104. The van der Waals surface area contributed by atoms with Crippen LogP contribution in [0.15, 0.2) is 23.9 Å². The Hall–Kier alpha value is -0.790. The Kier molecular flexibility index (Phi) is 1.33. The van der Waals surface area contributed by atoms with Gasteiger partial charge in [0.25, 0.3) is 0 Å². The highest BCUT2D eigenvalue weighted by atomic mass is 19.2. The molecule has 1 heterocycles. The fraction of sp³-hybridized carbons (Fsp3) is 0.333. The third kappa shape index (κ3) is 1.09. The van der Waals surface area contributed by atoms with Crippen molar-refractivity contribution in [3.63, 3.8) is 0 Å². The zero-order chi connectivity index (χ0) is 5.98. The van der Waals surface area contributed by atoms with E-state index in [4.69, 9.17) is 0 Å². The minimum atomic E-state index is 0.391. The normalized spacial score (nSPS) is 18.8. The van der Waals surface area contributed by atoms with Gasteiger partial charge in [0.15, 0.2) is 0 Å². The summed E-state index contributed by atoms with van der Waals surface area (Å²) in [5, 5.41) is 0.646. The van der Waals surface area contributed by atoms with Crippen LogP contribution in [0, 0.1) is 0 Å². The molecule has 0 aromatic heterocycles. The molecular formula is C6H8FN. The van der Waals surface area contributed by atoms with Gasteiger partial charge in [-0.05, 0) is 13.0 Å². The highest BCUT2D eigenvalue weighted by Gasteiger charge is 1.96. The molecule has 8 heavy (non-hydrogen) atoms. The third-order valence-corrected chi connectivity index (χ3v) is 1.09. The van der Waals surface area contributed by atoms with Gasteiger partial charge in [0.2, 0.25) is 0 Å². The number of allylic oxidation sites excluding steroid dienone is 2. The van der Waals surface area contributed by atoms with Gasteiger partial charge in [-0.1, -0.05) is 11.6 Å². The van der Waals surface area contributed by atoms with Crippen LogP contribution in [0.1, 0.15) is 6.92 Å². The van der Waals surface area contributed by atoms with Gasteiger partial charge in [0.1, 0.15) is 0 Å². The van der Waals surface area contributed by atoms with Crippen molar-refractivity contribution in [3.05, 3.63) is 23.9 Å². The van der Waals surface area contributed by atoms with E-state index in [0.717, 1.165) is 5.57 Å². The first-order valence-corrected chi connectivity index (χ1v) is 2.56. The second-order valence-electron chi connectivity index (χ2n) is 1.85. The summed E-state index contributed by atoms with van der Waals surface area (Å²) in [6, 6.07) is 0. The second-order valence-corrected chi connectivity index (χ2v) is 1.85. The van der Waals surface area contributed by atoms with Crippen LogP contribution < -0.4 is 0 Å². The lowest BCUT2D eigenvalue weighted by Gasteiger charge is -2.08. The fourth-order valence-corrected chi connectivity index (χ4v) is 0.559. The first-order chi connectivity index (χ1) is 3.79. The average molecular weight is 113 g/mol. The van der Waals surface area contributed by atoms with Crippen LogP contribution >= 0.6 is 0 Å². The largest absolute Gasteiger partial charge is 0.215 e. The van der Waals surface area contributed by atoms with Gasteiger partial charge in [-0.25, -0.2) is 5.12 Å². The van der Waals surface area contributed by atoms with Crippen molar-refractivity contribution in [2.75, 3.05) is 6.54 Å². The summed E-state index contributed by atoms with van der Waals surface area (Å²) in [5.41, 5.74) is 1.12. The van der Waals surface area contributed by atoms with E-state index in [1.807, 2.05) is 13.0 Å². The van der Waals surface area contributed by atoms with Crippen molar-refractivity contribution in [1.82, 2.24) is 5.12 Å². The fourth-order valence-electron chi connectivity index (χ4n) is 0.559. The van der Waals surface area contributed by atoms with Crippen molar-refractivity contribution in [2.24, 2.45) is 0 Å². The van der Waals surface area contributed by atoms with E-state index < -0.39 is 0 Å². The molecule has 0 saturated carbocycles. The molecule has 0 atom stereocenters. The molecule has 0 amide bonds. The first-order valence-electron chi connectivity index (χ1n) is 2.56. The van der Waals surface area contributed by atoms with Gasteiger partial charge in [0.05, 0.1) is 6.54 Å².